The van der Waals surface area contributed by atoms with Crippen LogP contribution in [-0.4, -0.2) is 28.0 Å². The molecule has 0 unspecified atom stereocenters. The van der Waals surface area contributed by atoms with E-state index in [1.165, 1.54) is 16.0 Å². The Morgan fingerprint density at radius 2 is 1.84 bits per heavy atom. The van der Waals surface area contributed by atoms with Crippen molar-refractivity contribution in [2.75, 3.05) is 7.11 Å². The number of nitrogens with one attached hydrogen (secondary N) is 1. The number of hydrogen-bond acceptors (Lipinski definition) is 7. The van der Waals surface area contributed by atoms with Gasteiger partial charge >= 0.3 is 5.56 Å². The highest BCUT2D eigenvalue weighted by molar-refractivity contribution is 7.12. The van der Waals surface area contributed by atoms with Gasteiger partial charge in [-0.25, -0.2) is 4.98 Å². The van der Waals surface area contributed by atoms with Crippen LogP contribution in [0.15, 0.2) is 68.9 Å². The maximum atomic E-state index is 13.0. The number of benzene rings is 2. The molecule has 1 N–H and O–H groups in total. The van der Waals surface area contributed by atoms with E-state index in [4.69, 9.17) is 9.47 Å². The summed E-state index contributed by atoms with van der Waals surface area (Å²) in [6.07, 6.45) is 0.00220. The highest BCUT2D eigenvalue weighted by Gasteiger charge is 2.16. The highest BCUT2D eigenvalue weighted by atomic mass is 32.1. The molecule has 0 radical (unpaired) electrons. The van der Waals surface area contributed by atoms with Gasteiger partial charge in [0.15, 0.2) is 5.69 Å². The number of aromatic amines is 1. The van der Waals surface area contributed by atoms with Crippen LogP contribution >= 0.6 is 11.3 Å². The molecule has 0 aliphatic carbocycles. The number of rotatable bonds is 7. The number of methoxy groups -OCH3 is 1. The van der Waals surface area contributed by atoms with Gasteiger partial charge in [-0.2, -0.15) is 4.68 Å². The first kappa shape index (κ1) is 21.5. The number of ether oxygens (including phenoxy) is 2. The van der Waals surface area contributed by atoms with Crippen LogP contribution in [0.1, 0.15) is 19.5 Å². The van der Waals surface area contributed by atoms with Crippen molar-refractivity contribution in [2.45, 2.75) is 26.9 Å². The number of thiazole rings is 1. The Labute approximate surface area is 189 Å². The van der Waals surface area contributed by atoms with Crippen LogP contribution in [0.3, 0.4) is 0 Å². The molecule has 0 saturated heterocycles. The zero-order valence-corrected chi connectivity index (χ0v) is 19.0. The Kier molecular flexibility index (Phi) is 6.18. The molecule has 0 amide bonds. The van der Waals surface area contributed by atoms with E-state index in [9.17, 15) is 4.79 Å². The second-order valence-corrected chi connectivity index (χ2v) is 8.14. The molecule has 32 heavy (non-hydrogen) atoms. The Bertz CT molecular complexity index is 1300. The number of aromatic nitrogens is 3. The highest BCUT2D eigenvalue weighted by Crippen LogP contribution is 2.30. The lowest BCUT2D eigenvalue weighted by atomic mass is 10.2. The van der Waals surface area contributed by atoms with E-state index in [1.54, 1.807) is 20.1 Å². The van der Waals surface area contributed by atoms with E-state index in [0.717, 1.165) is 17.0 Å². The zero-order valence-electron chi connectivity index (χ0n) is 18.2. The third kappa shape index (κ3) is 4.47. The molecule has 0 fully saturated rings. The summed E-state index contributed by atoms with van der Waals surface area (Å²) >= 11 is 1.36. The Morgan fingerprint density at radius 3 is 2.56 bits per heavy atom. The molecule has 9 heteroatoms. The third-order valence-corrected chi connectivity index (χ3v) is 5.42. The van der Waals surface area contributed by atoms with Crippen molar-refractivity contribution in [3.05, 3.63) is 70.0 Å². The summed E-state index contributed by atoms with van der Waals surface area (Å²) in [7, 11) is 1.63. The van der Waals surface area contributed by atoms with E-state index >= 15 is 0 Å². The third-order valence-electron chi connectivity index (χ3n) is 4.60. The van der Waals surface area contributed by atoms with Crippen LogP contribution in [0.25, 0.3) is 16.4 Å². The molecular formula is C23H23N5O3S. The average molecular weight is 450 g/mol. The minimum absolute atomic E-state index is 0.00220. The van der Waals surface area contributed by atoms with Gasteiger partial charge in [0.05, 0.1) is 24.6 Å². The van der Waals surface area contributed by atoms with Gasteiger partial charge in [0.25, 0.3) is 0 Å². The van der Waals surface area contributed by atoms with Gasteiger partial charge in [-0.05, 0) is 57.2 Å². The maximum absolute atomic E-state index is 13.0. The molecule has 0 atom stereocenters. The minimum atomic E-state index is -0.316. The van der Waals surface area contributed by atoms with Gasteiger partial charge in [0.2, 0.25) is 5.13 Å². The normalized spacial score (nSPS) is 11.4. The van der Waals surface area contributed by atoms with E-state index in [0.29, 0.717) is 22.3 Å². The predicted molar refractivity (Wildman–Crippen MR) is 125 cm³/mol. The minimum Gasteiger partial charge on any atom is -0.497 e. The van der Waals surface area contributed by atoms with E-state index < -0.39 is 0 Å². The summed E-state index contributed by atoms with van der Waals surface area (Å²) in [5.74, 6) is 1.39. The van der Waals surface area contributed by atoms with Gasteiger partial charge in [-0.1, -0.05) is 12.1 Å². The van der Waals surface area contributed by atoms with Crippen molar-refractivity contribution in [1.29, 1.82) is 0 Å². The first-order valence-corrected chi connectivity index (χ1v) is 10.9. The molecule has 164 valence electrons. The maximum Gasteiger partial charge on any atom is 0.301 e. The molecule has 0 saturated carbocycles. The monoisotopic (exact) mass is 449 g/mol. The second-order valence-electron chi connectivity index (χ2n) is 7.30. The largest absolute Gasteiger partial charge is 0.497 e. The lowest BCUT2D eigenvalue weighted by molar-refractivity contribution is 0.243. The summed E-state index contributed by atoms with van der Waals surface area (Å²) < 4.78 is 12.4. The lowest BCUT2D eigenvalue weighted by Crippen LogP contribution is -2.13. The molecule has 2 aromatic carbocycles. The quantitative estimate of drug-likeness (QED) is 0.360. The predicted octanol–water partition coefficient (Wildman–Crippen LogP) is 5.81. The van der Waals surface area contributed by atoms with E-state index in [2.05, 4.69) is 20.3 Å². The van der Waals surface area contributed by atoms with Crippen molar-refractivity contribution in [3.8, 4) is 27.9 Å². The van der Waals surface area contributed by atoms with Crippen molar-refractivity contribution >= 4 is 22.7 Å². The second kappa shape index (κ2) is 9.19. The van der Waals surface area contributed by atoms with Crippen LogP contribution < -0.4 is 15.0 Å². The standard InChI is InChI=1S/C23H23N5O3S/c1-14(2)31-20-8-6-5-7-18(20)25-26-21-15(3)27-28(22(21)29)23-24-19(13-32-23)16-9-11-17(30-4)12-10-16/h5-14,27H,1-4H3. The molecule has 0 aliphatic heterocycles. The van der Waals surface area contributed by atoms with Gasteiger partial charge in [0.1, 0.15) is 17.2 Å². The van der Waals surface area contributed by atoms with Crippen LogP contribution in [0, 0.1) is 6.92 Å². The summed E-state index contributed by atoms with van der Waals surface area (Å²) in [5, 5.41) is 13.9. The SMILES string of the molecule is COc1ccc(-c2csc(-n3[nH]c(C)c(N=Nc4ccccc4OC(C)C)c3=O)n2)cc1. The molecular weight excluding hydrogens is 426 g/mol. The van der Waals surface area contributed by atoms with Gasteiger partial charge < -0.3 is 9.47 Å². The Morgan fingerprint density at radius 1 is 1.09 bits per heavy atom. The Balaban J connectivity index is 1.63. The molecule has 4 aromatic rings. The van der Waals surface area contributed by atoms with Crippen LogP contribution in [-0.2, 0) is 0 Å². The fourth-order valence-electron chi connectivity index (χ4n) is 3.05. The molecule has 4 rings (SSSR count). The number of azo groups is 1. The summed E-state index contributed by atoms with van der Waals surface area (Å²) in [5.41, 5.74) is 2.78. The summed E-state index contributed by atoms with van der Waals surface area (Å²) in [6.45, 7) is 5.66. The fourth-order valence-corrected chi connectivity index (χ4v) is 3.84. The van der Waals surface area contributed by atoms with Crippen molar-refractivity contribution in [1.82, 2.24) is 14.8 Å². The van der Waals surface area contributed by atoms with Crippen molar-refractivity contribution in [3.63, 3.8) is 0 Å². The zero-order chi connectivity index (χ0) is 22.7. The number of para-hydroxylation sites is 1. The van der Waals surface area contributed by atoms with Crippen molar-refractivity contribution < 1.29 is 9.47 Å². The van der Waals surface area contributed by atoms with Gasteiger partial charge in [-0.3, -0.25) is 9.89 Å². The van der Waals surface area contributed by atoms with Gasteiger partial charge in [0, 0.05) is 10.9 Å². The molecule has 0 spiro atoms. The van der Waals surface area contributed by atoms with Crippen LogP contribution in [0.2, 0.25) is 0 Å². The van der Waals surface area contributed by atoms with Gasteiger partial charge in [-0.15, -0.1) is 21.6 Å². The first-order chi connectivity index (χ1) is 15.5. The van der Waals surface area contributed by atoms with Crippen LogP contribution in [0.5, 0.6) is 11.5 Å². The van der Waals surface area contributed by atoms with Crippen LogP contribution in [0.4, 0.5) is 11.4 Å². The topological polar surface area (TPSA) is 93.9 Å². The lowest BCUT2D eigenvalue weighted by Gasteiger charge is -2.10. The first-order valence-electron chi connectivity index (χ1n) is 10.1. The molecule has 8 nitrogen and oxygen atoms in total. The smallest absolute Gasteiger partial charge is 0.301 e. The summed E-state index contributed by atoms with van der Waals surface area (Å²) in [6, 6.07) is 14.9. The number of H-pyrrole nitrogens is 1. The number of aryl methyl sites for hydroxylation is 1. The Hall–Kier alpha value is -3.72. The molecule has 2 aromatic heterocycles. The molecule has 0 aliphatic rings. The van der Waals surface area contributed by atoms with E-state index in [1.807, 2.05) is 61.7 Å². The summed E-state index contributed by atoms with van der Waals surface area (Å²) in [4.78, 5) is 17.6. The van der Waals surface area contributed by atoms with Crippen molar-refractivity contribution in [2.24, 2.45) is 10.2 Å². The number of nitrogens with zero attached hydrogens (tertiary/aromatic N) is 4. The van der Waals surface area contributed by atoms with E-state index in [-0.39, 0.29) is 17.4 Å². The number of hydrogen-bond donors (Lipinski definition) is 1. The molecule has 0 bridgehead atoms. The average Bonchev–Trinajstić information content (AvgIpc) is 3.38. The molecule has 2 heterocycles. The fraction of sp³-hybridized carbons (Fsp3) is 0.217.